The molecule has 0 amide bonds. The maximum absolute atomic E-state index is 2.45. The van der Waals surface area contributed by atoms with E-state index in [1.165, 1.54) is 88.0 Å². The maximum atomic E-state index is 2.45. The average molecular weight is 770 g/mol. The lowest BCUT2D eigenvalue weighted by Crippen LogP contribution is -2.10. The monoisotopic (exact) mass is 769 g/mol. The summed E-state index contributed by atoms with van der Waals surface area (Å²) in [6.07, 6.45) is 0. The molecule has 60 heavy (non-hydrogen) atoms. The Morgan fingerprint density at radius 3 is 1.35 bits per heavy atom. The fourth-order valence-electron chi connectivity index (χ4n) is 8.88. The van der Waals surface area contributed by atoms with Gasteiger partial charge in [0.05, 0.1) is 5.69 Å². The van der Waals surface area contributed by atoms with Crippen LogP contribution in [0.5, 0.6) is 0 Å². The fourth-order valence-corrected chi connectivity index (χ4v) is 8.88. The molecule has 0 aromatic heterocycles. The first-order valence-corrected chi connectivity index (χ1v) is 21.0. The third-order valence-corrected chi connectivity index (χ3v) is 12.1. The van der Waals surface area contributed by atoms with Gasteiger partial charge >= 0.3 is 0 Å². The van der Waals surface area contributed by atoms with Gasteiger partial charge in [-0.05, 0) is 126 Å². The summed E-state index contributed by atoms with van der Waals surface area (Å²) in [5.41, 5.74) is 15.9. The zero-order chi connectivity index (χ0) is 40.8. The topological polar surface area (TPSA) is 3.24 Å². The molecule has 0 saturated carbocycles. The van der Waals surface area contributed by atoms with Gasteiger partial charge in [-0.3, -0.25) is 0 Å². The predicted octanol–water partition coefficient (Wildman–Crippen LogP) is 16.9. The fraction of sp³-hybridized carbons (Fsp3) is 0.0847. The van der Waals surface area contributed by atoms with Crippen LogP contribution >= 0.6 is 0 Å². The molecule has 0 bridgehead atoms. The molecule has 0 atom stereocenters. The smallest absolute Gasteiger partial charge is 0.0540 e. The zero-order valence-corrected chi connectivity index (χ0v) is 34.7. The molecule has 0 fully saturated rings. The van der Waals surface area contributed by atoms with Crippen molar-refractivity contribution in [1.29, 1.82) is 0 Å². The molecule has 0 aliphatic carbocycles. The lowest BCUT2D eigenvalue weighted by molar-refractivity contribution is 0.591. The summed E-state index contributed by atoms with van der Waals surface area (Å²) in [4.78, 5) is 2.36. The highest BCUT2D eigenvalue weighted by atomic mass is 15.1. The van der Waals surface area contributed by atoms with Crippen LogP contribution in [-0.2, 0) is 5.41 Å². The van der Waals surface area contributed by atoms with Gasteiger partial charge in [0.25, 0.3) is 0 Å². The minimum Gasteiger partial charge on any atom is -0.310 e. The summed E-state index contributed by atoms with van der Waals surface area (Å²) in [6, 6.07) is 78.1. The first-order valence-electron chi connectivity index (χ1n) is 21.0. The van der Waals surface area contributed by atoms with E-state index in [-0.39, 0.29) is 5.41 Å². The Morgan fingerprint density at radius 2 is 0.767 bits per heavy atom. The number of hydrogen-bond acceptors (Lipinski definition) is 1. The van der Waals surface area contributed by atoms with E-state index in [0.29, 0.717) is 0 Å². The van der Waals surface area contributed by atoms with E-state index >= 15 is 0 Å². The predicted molar refractivity (Wildman–Crippen MR) is 259 cm³/mol. The van der Waals surface area contributed by atoms with Crippen LogP contribution < -0.4 is 4.90 Å². The Bertz CT molecular complexity index is 3130. The molecular formula is C59H47N. The summed E-state index contributed by atoms with van der Waals surface area (Å²) in [6.45, 7) is 9.06. The van der Waals surface area contributed by atoms with E-state index in [0.717, 1.165) is 17.1 Å². The SMILES string of the molecule is Cc1ccc(-c2ccc(-c3c4ccccc4c(-c4ccc(-c5ccc(N(c6ccccc6)c6cccc7ccccc67)cc5)cc4)c4ccc(C(C)(C)C)cc34)cc2)cc1. The molecule has 0 radical (unpaired) electrons. The molecule has 1 nitrogen and oxygen atoms in total. The van der Waals surface area contributed by atoms with Gasteiger partial charge in [0, 0.05) is 16.8 Å². The van der Waals surface area contributed by atoms with Gasteiger partial charge in [-0.2, -0.15) is 0 Å². The molecule has 10 rings (SSSR count). The van der Waals surface area contributed by atoms with E-state index in [2.05, 4.69) is 245 Å². The summed E-state index contributed by atoms with van der Waals surface area (Å²) >= 11 is 0. The molecule has 1 heteroatoms. The number of benzene rings is 10. The van der Waals surface area contributed by atoms with Crippen LogP contribution in [0.3, 0.4) is 0 Å². The quantitative estimate of drug-likeness (QED) is 0.146. The van der Waals surface area contributed by atoms with Crippen molar-refractivity contribution in [3.8, 4) is 44.5 Å². The van der Waals surface area contributed by atoms with Crippen LogP contribution in [-0.4, -0.2) is 0 Å². The standard InChI is InChI=1S/C59H47N/c1-40-21-23-41(24-22-40)42-27-31-47(32-28-42)58-53-19-11-10-18-52(53)57(54-38-35-48(39-55(54)58)59(2,3)4)46-29-25-43(26-30-46)44-33-36-50(37-34-44)60(49-15-6-5-7-16-49)56-20-12-14-45-13-8-9-17-51(45)56/h5-39H,1-4H3. The molecule has 0 heterocycles. The number of fused-ring (bicyclic) bond motifs is 3. The summed E-state index contributed by atoms with van der Waals surface area (Å²) in [7, 11) is 0. The van der Waals surface area contributed by atoms with Crippen LogP contribution in [0.25, 0.3) is 76.8 Å². The number of nitrogens with zero attached hydrogens (tertiary/aromatic N) is 1. The maximum Gasteiger partial charge on any atom is 0.0540 e. The van der Waals surface area contributed by atoms with E-state index in [4.69, 9.17) is 0 Å². The number of aryl methyl sites for hydroxylation is 1. The van der Waals surface area contributed by atoms with Gasteiger partial charge in [0.2, 0.25) is 0 Å². The van der Waals surface area contributed by atoms with Crippen molar-refractivity contribution in [1.82, 2.24) is 0 Å². The van der Waals surface area contributed by atoms with Crippen LogP contribution in [0.15, 0.2) is 212 Å². The number of hydrogen-bond donors (Lipinski definition) is 0. The van der Waals surface area contributed by atoms with Crippen molar-refractivity contribution in [2.45, 2.75) is 33.1 Å². The Labute approximate surface area is 353 Å². The highest BCUT2D eigenvalue weighted by molar-refractivity contribution is 6.21. The molecule has 10 aromatic carbocycles. The van der Waals surface area contributed by atoms with Crippen molar-refractivity contribution in [2.24, 2.45) is 0 Å². The van der Waals surface area contributed by atoms with Crippen LogP contribution in [0.2, 0.25) is 0 Å². The minimum absolute atomic E-state index is 0.0107. The molecule has 0 unspecified atom stereocenters. The first-order chi connectivity index (χ1) is 29.3. The normalized spacial score (nSPS) is 11.7. The molecule has 0 aliphatic rings. The summed E-state index contributed by atoms with van der Waals surface area (Å²) in [5.74, 6) is 0. The third-order valence-electron chi connectivity index (χ3n) is 12.1. The van der Waals surface area contributed by atoms with Crippen molar-refractivity contribution in [2.75, 3.05) is 4.90 Å². The minimum atomic E-state index is 0.0107. The van der Waals surface area contributed by atoms with Crippen LogP contribution in [0.4, 0.5) is 17.1 Å². The van der Waals surface area contributed by atoms with Crippen molar-refractivity contribution < 1.29 is 0 Å². The van der Waals surface area contributed by atoms with E-state index < -0.39 is 0 Å². The number of para-hydroxylation sites is 1. The lowest BCUT2D eigenvalue weighted by Gasteiger charge is -2.27. The van der Waals surface area contributed by atoms with E-state index in [9.17, 15) is 0 Å². The van der Waals surface area contributed by atoms with Gasteiger partial charge in [-0.1, -0.05) is 202 Å². The molecule has 10 aromatic rings. The highest BCUT2D eigenvalue weighted by Gasteiger charge is 2.21. The zero-order valence-electron chi connectivity index (χ0n) is 34.7. The third kappa shape index (κ3) is 6.83. The average Bonchev–Trinajstić information content (AvgIpc) is 3.29. The first kappa shape index (κ1) is 37.1. The van der Waals surface area contributed by atoms with E-state index in [1.807, 2.05) is 0 Å². The van der Waals surface area contributed by atoms with Gasteiger partial charge in [0.1, 0.15) is 0 Å². The number of rotatable bonds is 7. The summed E-state index contributed by atoms with van der Waals surface area (Å²) < 4.78 is 0. The van der Waals surface area contributed by atoms with Gasteiger partial charge in [-0.15, -0.1) is 0 Å². The molecule has 0 aliphatic heterocycles. The summed E-state index contributed by atoms with van der Waals surface area (Å²) in [5, 5.41) is 7.53. The second-order valence-electron chi connectivity index (χ2n) is 17.0. The number of anilines is 3. The van der Waals surface area contributed by atoms with Gasteiger partial charge in [0.15, 0.2) is 0 Å². The van der Waals surface area contributed by atoms with Crippen molar-refractivity contribution >= 4 is 49.4 Å². The molecule has 0 spiro atoms. The Morgan fingerprint density at radius 1 is 0.333 bits per heavy atom. The molecule has 0 saturated heterocycles. The molecular weight excluding hydrogens is 723 g/mol. The van der Waals surface area contributed by atoms with Crippen molar-refractivity contribution in [3.63, 3.8) is 0 Å². The van der Waals surface area contributed by atoms with Gasteiger partial charge in [-0.25, -0.2) is 0 Å². The second-order valence-corrected chi connectivity index (χ2v) is 17.0. The molecule has 0 N–H and O–H groups in total. The molecule has 288 valence electrons. The van der Waals surface area contributed by atoms with Gasteiger partial charge < -0.3 is 4.90 Å². The Kier molecular flexibility index (Phi) is 9.38. The Balaban J connectivity index is 1.05. The van der Waals surface area contributed by atoms with Crippen LogP contribution in [0, 0.1) is 6.92 Å². The van der Waals surface area contributed by atoms with E-state index in [1.54, 1.807) is 0 Å². The second kappa shape index (κ2) is 15.2. The Hall–Kier alpha value is -7.22. The highest BCUT2D eigenvalue weighted by Crippen LogP contribution is 2.46. The van der Waals surface area contributed by atoms with Crippen LogP contribution in [0.1, 0.15) is 31.9 Å². The van der Waals surface area contributed by atoms with Crippen molar-refractivity contribution in [3.05, 3.63) is 223 Å². The largest absolute Gasteiger partial charge is 0.310 e. The lowest BCUT2D eigenvalue weighted by atomic mass is 9.81.